The van der Waals surface area contributed by atoms with Crippen molar-refractivity contribution in [2.75, 3.05) is 32.8 Å². The predicted octanol–water partition coefficient (Wildman–Crippen LogP) is 3.35. The Kier molecular flexibility index (Phi) is 7.97. The summed E-state index contributed by atoms with van der Waals surface area (Å²) in [4.78, 5) is 13.7. The van der Waals surface area contributed by atoms with Gasteiger partial charge in [-0.1, -0.05) is 25.1 Å². The third-order valence-corrected chi connectivity index (χ3v) is 7.38. The number of nitrogens with zero attached hydrogens (tertiary/aromatic N) is 3. The molecule has 0 atom stereocenters. The molecular formula is C23H24F3N3O4S. The topological polar surface area (TPSA) is 90.7 Å². The van der Waals surface area contributed by atoms with Crippen LogP contribution in [-0.4, -0.2) is 62.6 Å². The molecule has 1 saturated heterocycles. The number of ether oxygens (including phenoxy) is 1. The van der Waals surface area contributed by atoms with Crippen LogP contribution in [-0.2, 0) is 27.7 Å². The third kappa shape index (κ3) is 6.14. The lowest BCUT2D eigenvalue weighted by molar-refractivity contribution is -0.141. The summed E-state index contributed by atoms with van der Waals surface area (Å²) in [7, 11) is -3.96. The number of sulfonamides is 1. The zero-order chi connectivity index (χ0) is 24.9. The molecule has 1 fully saturated rings. The van der Waals surface area contributed by atoms with E-state index in [0.717, 1.165) is 6.07 Å². The average Bonchev–Trinajstić information content (AvgIpc) is 2.83. The van der Waals surface area contributed by atoms with Crippen molar-refractivity contribution in [3.63, 3.8) is 0 Å². The van der Waals surface area contributed by atoms with Crippen molar-refractivity contribution in [2.24, 2.45) is 0 Å². The second-order valence-electron chi connectivity index (χ2n) is 7.78. The van der Waals surface area contributed by atoms with Gasteiger partial charge in [0.05, 0.1) is 29.7 Å². The smallest absolute Gasteiger partial charge is 0.379 e. The van der Waals surface area contributed by atoms with Gasteiger partial charge in [0.2, 0.25) is 10.0 Å². The highest BCUT2D eigenvalue weighted by Gasteiger charge is 2.34. The normalized spacial score (nSPS) is 15.0. The number of benzene rings is 2. The van der Waals surface area contributed by atoms with Crippen LogP contribution in [0.25, 0.3) is 0 Å². The maximum atomic E-state index is 13.3. The maximum Gasteiger partial charge on any atom is 0.406 e. The molecule has 0 radical (unpaired) electrons. The van der Waals surface area contributed by atoms with Gasteiger partial charge in [0.15, 0.2) is 0 Å². The molecule has 0 aromatic heterocycles. The molecule has 0 spiro atoms. The quantitative estimate of drug-likeness (QED) is 0.588. The number of morpholine rings is 1. The number of carbonyl (C=O) groups is 1. The zero-order valence-corrected chi connectivity index (χ0v) is 19.3. The zero-order valence-electron chi connectivity index (χ0n) is 18.5. The molecule has 0 unspecified atom stereocenters. The van der Waals surface area contributed by atoms with Crippen LogP contribution >= 0.6 is 0 Å². The molecule has 1 amide bonds. The van der Waals surface area contributed by atoms with Gasteiger partial charge in [0.1, 0.15) is 6.54 Å². The second kappa shape index (κ2) is 10.5. The van der Waals surface area contributed by atoms with Crippen molar-refractivity contribution in [3.8, 4) is 6.07 Å². The summed E-state index contributed by atoms with van der Waals surface area (Å²) in [5.41, 5.74) is 1.06. The molecule has 2 aromatic carbocycles. The number of alkyl halides is 3. The fourth-order valence-electron chi connectivity index (χ4n) is 3.65. The highest BCUT2D eigenvalue weighted by atomic mass is 32.2. The number of halogens is 3. The molecule has 1 aliphatic rings. The van der Waals surface area contributed by atoms with Gasteiger partial charge < -0.3 is 9.64 Å². The highest BCUT2D eigenvalue weighted by molar-refractivity contribution is 7.89. The second-order valence-corrected chi connectivity index (χ2v) is 9.68. The van der Waals surface area contributed by atoms with Gasteiger partial charge in [0, 0.05) is 25.2 Å². The van der Waals surface area contributed by atoms with Crippen molar-refractivity contribution < 1.29 is 31.1 Å². The van der Waals surface area contributed by atoms with Crippen LogP contribution in [0.4, 0.5) is 13.2 Å². The van der Waals surface area contributed by atoms with Crippen LogP contribution in [0.15, 0.2) is 47.4 Å². The standard InChI is InChI=1S/C23H24F3N3O4S/c1-2-19-7-8-20(13-21(19)34(31,32)29-9-11-33-12-10-29)22(30)28(16-23(24,25)26)15-18-5-3-17(14-27)4-6-18/h3-8,13H,2,9-12,15-16H2,1H3. The van der Waals surface area contributed by atoms with Crippen LogP contribution in [0, 0.1) is 11.3 Å². The molecule has 0 saturated carbocycles. The SMILES string of the molecule is CCc1ccc(C(=O)N(Cc2ccc(C#N)cc2)CC(F)(F)F)cc1S(=O)(=O)N1CCOCC1. The minimum Gasteiger partial charge on any atom is -0.379 e. The van der Waals surface area contributed by atoms with Gasteiger partial charge in [-0.25, -0.2) is 8.42 Å². The van der Waals surface area contributed by atoms with Crippen molar-refractivity contribution in [3.05, 3.63) is 64.7 Å². The first-order chi connectivity index (χ1) is 16.0. The van der Waals surface area contributed by atoms with E-state index >= 15 is 0 Å². The van der Waals surface area contributed by atoms with Crippen LogP contribution in [0.1, 0.15) is 34.0 Å². The van der Waals surface area contributed by atoms with E-state index in [1.807, 2.05) is 6.07 Å². The first-order valence-electron chi connectivity index (χ1n) is 10.6. The number of carbonyl (C=O) groups excluding carboxylic acids is 1. The lowest BCUT2D eigenvalue weighted by Gasteiger charge is -2.28. The van der Waals surface area contributed by atoms with Crippen LogP contribution in [0.3, 0.4) is 0 Å². The Morgan fingerprint density at radius 2 is 1.79 bits per heavy atom. The third-order valence-electron chi connectivity index (χ3n) is 5.40. The van der Waals surface area contributed by atoms with Crippen LogP contribution in [0.2, 0.25) is 0 Å². The lowest BCUT2D eigenvalue weighted by atomic mass is 10.1. The van der Waals surface area contributed by atoms with Gasteiger partial charge in [-0.15, -0.1) is 0 Å². The van der Waals surface area contributed by atoms with E-state index in [1.165, 1.54) is 40.7 Å². The fourth-order valence-corrected chi connectivity index (χ4v) is 5.38. The lowest BCUT2D eigenvalue weighted by Crippen LogP contribution is -2.41. The van der Waals surface area contributed by atoms with Gasteiger partial charge in [-0.05, 0) is 41.8 Å². The Bertz CT molecular complexity index is 1170. The van der Waals surface area contributed by atoms with E-state index in [9.17, 15) is 26.4 Å². The van der Waals surface area contributed by atoms with Crippen molar-refractivity contribution in [1.82, 2.24) is 9.21 Å². The van der Waals surface area contributed by atoms with E-state index < -0.39 is 28.7 Å². The maximum absolute atomic E-state index is 13.3. The molecule has 182 valence electrons. The molecule has 11 heteroatoms. The number of nitriles is 1. The summed E-state index contributed by atoms with van der Waals surface area (Å²) < 4.78 is 72.8. The van der Waals surface area contributed by atoms with Gasteiger partial charge in [0.25, 0.3) is 5.91 Å². The average molecular weight is 496 g/mol. The minimum atomic E-state index is -4.66. The molecule has 0 bridgehead atoms. The minimum absolute atomic E-state index is 0.0897. The Balaban J connectivity index is 1.96. The number of hydrogen-bond acceptors (Lipinski definition) is 5. The van der Waals surface area contributed by atoms with E-state index in [1.54, 1.807) is 6.92 Å². The monoisotopic (exact) mass is 495 g/mol. The van der Waals surface area contributed by atoms with Crippen molar-refractivity contribution >= 4 is 15.9 Å². The number of hydrogen-bond donors (Lipinski definition) is 0. The number of amides is 1. The molecule has 7 nitrogen and oxygen atoms in total. The molecule has 1 heterocycles. The molecule has 34 heavy (non-hydrogen) atoms. The van der Waals surface area contributed by atoms with E-state index in [4.69, 9.17) is 10.00 Å². The van der Waals surface area contributed by atoms with Gasteiger partial charge in [-0.2, -0.15) is 22.7 Å². The van der Waals surface area contributed by atoms with Crippen molar-refractivity contribution in [1.29, 1.82) is 5.26 Å². The summed E-state index contributed by atoms with van der Waals surface area (Å²) in [6.07, 6.45) is -4.29. The summed E-state index contributed by atoms with van der Waals surface area (Å²) in [5.74, 6) is -0.942. The molecule has 2 aromatic rings. The van der Waals surface area contributed by atoms with Crippen LogP contribution in [0.5, 0.6) is 0 Å². The van der Waals surface area contributed by atoms with Crippen LogP contribution < -0.4 is 0 Å². The Labute approximate surface area is 196 Å². The first-order valence-corrected chi connectivity index (χ1v) is 12.0. The summed E-state index contributed by atoms with van der Waals surface area (Å²) in [6, 6.07) is 11.8. The molecule has 1 aliphatic heterocycles. The molecule has 3 rings (SSSR count). The van der Waals surface area contributed by atoms with E-state index in [-0.39, 0.29) is 43.3 Å². The molecule has 0 N–H and O–H groups in total. The van der Waals surface area contributed by atoms with E-state index in [2.05, 4.69) is 0 Å². The Morgan fingerprint density at radius 1 is 1.15 bits per heavy atom. The Hall–Kier alpha value is -2.94. The Morgan fingerprint density at radius 3 is 2.35 bits per heavy atom. The number of aryl methyl sites for hydroxylation is 1. The summed E-state index contributed by atoms with van der Waals surface area (Å²) >= 11 is 0. The molecular weight excluding hydrogens is 471 g/mol. The van der Waals surface area contributed by atoms with Gasteiger partial charge in [-0.3, -0.25) is 4.79 Å². The predicted molar refractivity (Wildman–Crippen MR) is 117 cm³/mol. The summed E-state index contributed by atoms with van der Waals surface area (Å²) in [6.45, 7) is 0.686. The first kappa shape index (κ1) is 25.7. The summed E-state index contributed by atoms with van der Waals surface area (Å²) in [5, 5.41) is 8.91. The van der Waals surface area contributed by atoms with E-state index in [0.29, 0.717) is 28.0 Å². The number of rotatable bonds is 7. The van der Waals surface area contributed by atoms with Gasteiger partial charge >= 0.3 is 6.18 Å². The van der Waals surface area contributed by atoms with Crippen molar-refractivity contribution in [2.45, 2.75) is 31.0 Å². The largest absolute Gasteiger partial charge is 0.406 e. The highest BCUT2D eigenvalue weighted by Crippen LogP contribution is 2.26. The molecule has 0 aliphatic carbocycles. The fraction of sp³-hybridized carbons (Fsp3) is 0.391.